The standard InChI is InChI=1S/C11H18O3/c12-11(10-1-2-10)8-14-7-9-3-5-13-6-4-9/h9-10H,1-8H2. The zero-order valence-corrected chi connectivity index (χ0v) is 8.54. The highest BCUT2D eigenvalue weighted by Crippen LogP contribution is 2.29. The third-order valence-electron chi connectivity index (χ3n) is 2.97. The van der Waals surface area contributed by atoms with Crippen LogP contribution < -0.4 is 0 Å². The van der Waals surface area contributed by atoms with Gasteiger partial charge in [-0.2, -0.15) is 0 Å². The topological polar surface area (TPSA) is 35.5 Å². The molecule has 14 heavy (non-hydrogen) atoms. The fourth-order valence-corrected chi connectivity index (χ4v) is 1.76. The second-order valence-corrected chi connectivity index (χ2v) is 4.31. The highest BCUT2D eigenvalue weighted by Gasteiger charge is 2.29. The lowest BCUT2D eigenvalue weighted by molar-refractivity contribution is -0.125. The Morgan fingerprint density at radius 1 is 1.21 bits per heavy atom. The lowest BCUT2D eigenvalue weighted by Crippen LogP contribution is -2.22. The molecule has 2 fully saturated rings. The van der Waals surface area contributed by atoms with E-state index < -0.39 is 0 Å². The molecule has 1 saturated heterocycles. The van der Waals surface area contributed by atoms with Crippen LogP contribution in [0.1, 0.15) is 25.7 Å². The predicted molar refractivity (Wildman–Crippen MR) is 52.1 cm³/mol. The molecule has 0 bridgehead atoms. The summed E-state index contributed by atoms with van der Waals surface area (Å²) in [6.07, 6.45) is 4.33. The summed E-state index contributed by atoms with van der Waals surface area (Å²) in [6.45, 7) is 2.78. The van der Waals surface area contributed by atoms with Crippen molar-refractivity contribution < 1.29 is 14.3 Å². The lowest BCUT2D eigenvalue weighted by Gasteiger charge is -2.21. The van der Waals surface area contributed by atoms with Crippen LogP contribution in [-0.2, 0) is 14.3 Å². The number of Topliss-reactive ketones (excluding diaryl/α,β-unsaturated/α-hetero) is 1. The van der Waals surface area contributed by atoms with Crippen LogP contribution in [0.5, 0.6) is 0 Å². The number of carbonyl (C=O) groups is 1. The number of ether oxygens (including phenoxy) is 2. The van der Waals surface area contributed by atoms with Crippen molar-refractivity contribution in [1.82, 2.24) is 0 Å². The number of hydrogen-bond donors (Lipinski definition) is 0. The van der Waals surface area contributed by atoms with Crippen molar-refractivity contribution in [2.45, 2.75) is 25.7 Å². The zero-order chi connectivity index (χ0) is 9.80. The maximum Gasteiger partial charge on any atom is 0.161 e. The minimum atomic E-state index is 0.303. The molecule has 0 spiro atoms. The molecule has 0 unspecified atom stereocenters. The molecule has 1 heterocycles. The summed E-state index contributed by atoms with van der Waals surface area (Å²) in [6, 6.07) is 0. The minimum absolute atomic E-state index is 0.303. The summed E-state index contributed by atoms with van der Waals surface area (Å²) in [7, 11) is 0. The fourth-order valence-electron chi connectivity index (χ4n) is 1.76. The first kappa shape index (κ1) is 10.1. The monoisotopic (exact) mass is 198 g/mol. The fraction of sp³-hybridized carbons (Fsp3) is 0.909. The molecule has 0 N–H and O–H groups in total. The predicted octanol–water partition coefficient (Wildman–Crippen LogP) is 1.41. The molecule has 1 aliphatic heterocycles. The Bertz CT molecular complexity index is 193. The van der Waals surface area contributed by atoms with Gasteiger partial charge in [0.15, 0.2) is 5.78 Å². The van der Waals surface area contributed by atoms with Crippen molar-refractivity contribution >= 4 is 5.78 Å². The van der Waals surface area contributed by atoms with Gasteiger partial charge in [0, 0.05) is 19.1 Å². The van der Waals surface area contributed by atoms with Crippen LogP contribution >= 0.6 is 0 Å². The highest BCUT2D eigenvalue weighted by molar-refractivity contribution is 5.84. The normalized spacial score (nSPS) is 23.7. The van der Waals surface area contributed by atoms with Crippen LogP contribution in [0.3, 0.4) is 0 Å². The van der Waals surface area contributed by atoms with E-state index in [1.807, 2.05) is 0 Å². The summed E-state index contributed by atoms with van der Waals surface area (Å²) in [4.78, 5) is 11.3. The summed E-state index contributed by atoms with van der Waals surface area (Å²) < 4.78 is 10.7. The van der Waals surface area contributed by atoms with Gasteiger partial charge in [0.25, 0.3) is 0 Å². The molecule has 2 aliphatic rings. The van der Waals surface area contributed by atoms with Crippen molar-refractivity contribution in [1.29, 1.82) is 0 Å². The quantitative estimate of drug-likeness (QED) is 0.670. The Labute approximate surface area is 84.8 Å². The first-order valence-electron chi connectivity index (χ1n) is 5.54. The molecule has 2 rings (SSSR count). The van der Waals surface area contributed by atoms with Crippen LogP contribution in [0.15, 0.2) is 0 Å². The first-order valence-corrected chi connectivity index (χ1v) is 5.54. The van der Waals surface area contributed by atoms with Crippen molar-refractivity contribution in [3.05, 3.63) is 0 Å². The van der Waals surface area contributed by atoms with Gasteiger partial charge in [-0.05, 0) is 31.6 Å². The van der Waals surface area contributed by atoms with Crippen LogP contribution in [0, 0.1) is 11.8 Å². The van der Waals surface area contributed by atoms with Gasteiger partial charge >= 0.3 is 0 Å². The second kappa shape index (κ2) is 4.89. The molecular formula is C11H18O3. The second-order valence-electron chi connectivity index (χ2n) is 4.31. The van der Waals surface area contributed by atoms with Crippen molar-refractivity contribution in [2.75, 3.05) is 26.4 Å². The molecule has 0 atom stereocenters. The van der Waals surface area contributed by atoms with Crippen LogP contribution in [0.2, 0.25) is 0 Å². The van der Waals surface area contributed by atoms with Gasteiger partial charge in [0.05, 0.1) is 6.61 Å². The maximum absolute atomic E-state index is 11.3. The lowest BCUT2D eigenvalue weighted by atomic mass is 10.0. The molecule has 80 valence electrons. The Morgan fingerprint density at radius 3 is 2.57 bits per heavy atom. The molecular weight excluding hydrogens is 180 g/mol. The van der Waals surface area contributed by atoms with Crippen LogP contribution in [-0.4, -0.2) is 32.2 Å². The Kier molecular flexibility index (Phi) is 3.54. The number of hydrogen-bond acceptors (Lipinski definition) is 3. The molecule has 3 heteroatoms. The van der Waals surface area contributed by atoms with Gasteiger partial charge in [0.2, 0.25) is 0 Å². The molecule has 0 aromatic heterocycles. The van der Waals surface area contributed by atoms with E-state index in [-0.39, 0.29) is 0 Å². The number of rotatable bonds is 5. The van der Waals surface area contributed by atoms with Crippen LogP contribution in [0.25, 0.3) is 0 Å². The van der Waals surface area contributed by atoms with Gasteiger partial charge in [-0.1, -0.05) is 0 Å². The molecule has 0 aromatic rings. The van der Waals surface area contributed by atoms with Crippen molar-refractivity contribution in [2.24, 2.45) is 11.8 Å². The molecule has 0 aromatic carbocycles. The Morgan fingerprint density at radius 2 is 1.93 bits per heavy atom. The average Bonchev–Trinajstić information content (AvgIpc) is 3.02. The van der Waals surface area contributed by atoms with Gasteiger partial charge < -0.3 is 9.47 Å². The van der Waals surface area contributed by atoms with E-state index in [4.69, 9.17) is 9.47 Å². The smallest absolute Gasteiger partial charge is 0.161 e. The largest absolute Gasteiger partial charge is 0.381 e. The van der Waals surface area contributed by atoms with Crippen molar-refractivity contribution in [3.63, 3.8) is 0 Å². The third kappa shape index (κ3) is 3.07. The van der Waals surface area contributed by atoms with E-state index in [2.05, 4.69) is 0 Å². The van der Waals surface area contributed by atoms with Gasteiger partial charge in [0.1, 0.15) is 6.61 Å². The average molecular weight is 198 g/mol. The van der Waals surface area contributed by atoms with E-state index in [0.29, 0.717) is 24.2 Å². The summed E-state index contributed by atoms with van der Waals surface area (Å²) >= 11 is 0. The molecule has 3 nitrogen and oxygen atoms in total. The van der Waals surface area contributed by atoms with E-state index in [1.165, 1.54) is 0 Å². The van der Waals surface area contributed by atoms with Gasteiger partial charge in [-0.3, -0.25) is 4.79 Å². The third-order valence-corrected chi connectivity index (χ3v) is 2.97. The summed E-state index contributed by atoms with van der Waals surface area (Å²) in [5, 5.41) is 0. The van der Waals surface area contributed by atoms with E-state index in [9.17, 15) is 4.79 Å². The molecule has 0 amide bonds. The molecule has 1 aliphatic carbocycles. The van der Waals surface area contributed by atoms with Gasteiger partial charge in [-0.15, -0.1) is 0 Å². The van der Waals surface area contributed by atoms with Crippen LogP contribution in [0.4, 0.5) is 0 Å². The molecule has 0 radical (unpaired) electrons. The van der Waals surface area contributed by atoms with E-state index >= 15 is 0 Å². The van der Waals surface area contributed by atoms with E-state index in [1.54, 1.807) is 0 Å². The van der Waals surface area contributed by atoms with E-state index in [0.717, 1.165) is 45.5 Å². The van der Waals surface area contributed by atoms with Gasteiger partial charge in [-0.25, -0.2) is 0 Å². The summed E-state index contributed by atoms with van der Waals surface area (Å²) in [5.74, 6) is 1.25. The Balaban J connectivity index is 1.54. The highest BCUT2D eigenvalue weighted by atomic mass is 16.5. The first-order chi connectivity index (χ1) is 6.86. The molecule has 1 saturated carbocycles. The number of carbonyl (C=O) groups excluding carboxylic acids is 1. The number of ketones is 1. The maximum atomic E-state index is 11.3. The zero-order valence-electron chi connectivity index (χ0n) is 8.54. The minimum Gasteiger partial charge on any atom is -0.381 e. The van der Waals surface area contributed by atoms with Crippen molar-refractivity contribution in [3.8, 4) is 0 Å². The SMILES string of the molecule is O=C(COCC1CCOCC1)C1CC1. The Hall–Kier alpha value is -0.410. The summed E-state index contributed by atoms with van der Waals surface area (Å²) in [5.41, 5.74) is 0.